The number of rotatable bonds is 7. The van der Waals surface area contributed by atoms with Gasteiger partial charge < -0.3 is 14.5 Å². The number of ether oxygens (including phenoxy) is 1. The second kappa shape index (κ2) is 9.60. The highest BCUT2D eigenvalue weighted by molar-refractivity contribution is 6.01. The second-order valence-corrected chi connectivity index (χ2v) is 7.52. The number of hydrogen-bond donors (Lipinski definition) is 0. The maximum atomic E-state index is 13.7. The minimum atomic E-state index is -0.496. The predicted octanol–water partition coefficient (Wildman–Crippen LogP) is 4.81. The molecule has 0 aliphatic carbocycles. The van der Waals surface area contributed by atoms with E-state index in [1.54, 1.807) is 25.3 Å². The van der Waals surface area contributed by atoms with Crippen molar-refractivity contribution in [3.8, 4) is 5.75 Å². The van der Waals surface area contributed by atoms with Crippen LogP contribution in [0.5, 0.6) is 5.75 Å². The van der Waals surface area contributed by atoms with Crippen molar-refractivity contribution >= 4 is 11.6 Å². The summed E-state index contributed by atoms with van der Waals surface area (Å²) in [5.41, 5.74) is 2.52. The Kier molecular flexibility index (Phi) is 6.44. The van der Waals surface area contributed by atoms with Crippen molar-refractivity contribution in [1.29, 1.82) is 0 Å². The molecule has 4 rings (SSSR count). The average Bonchev–Trinajstić information content (AvgIpc) is 3.27. The normalized spacial score (nSPS) is 15.1. The minimum absolute atomic E-state index is 0.158. The molecule has 1 atom stereocenters. The molecule has 1 aliphatic rings. The van der Waals surface area contributed by atoms with Crippen LogP contribution >= 0.6 is 0 Å². The number of oxime groups is 1. The molecule has 7 heteroatoms. The van der Waals surface area contributed by atoms with Crippen LogP contribution in [0.3, 0.4) is 0 Å². The lowest BCUT2D eigenvalue weighted by molar-refractivity contribution is 0.0404. The summed E-state index contributed by atoms with van der Waals surface area (Å²) in [6.07, 6.45) is 0.126. The SMILES string of the molecule is COc1ccc(C2=NO[C@@H](CN(Cc3cccc(F)c3)C(=O)c3cccc(F)c3)C2)cc1. The third-order valence-electron chi connectivity index (χ3n) is 5.20. The van der Waals surface area contributed by atoms with Crippen LogP contribution in [0.1, 0.15) is 27.9 Å². The van der Waals surface area contributed by atoms with Gasteiger partial charge in [-0.2, -0.15) is 0 Å². The van der Waals surface area contributed by atoms with Gasteiger partial charge >= 0.3 is 0 Å². The summed E-state index contributed by atoms with van der Waals surface area (Å²) in [5.74, 6) is -0.506. The quantitative estimate of drug-likeness (QED) is 0.534. The van der Waals surface area contributed by atoms with Gasteiger partial charge in [0.2, 0.25) is 0 Å². The summed E-state index contributed by atoms with van der Waals surface area (Å²) in [7, 11) is 1.60. The number of benzene rings is 3. The number of halogens is 2. The molecule has 1 amide bonds. The van der Waals surface area contributed by atoms with E-state index in [9.17, 15) is 13.6 Å². The summed E-state index contributed by atoms with van der Waals surface area (Å²) < 4.78 is 32.6. The molecule has 3 aromatic carbocycles. The molecule has 32 heavy (non-hydrogen) atoms. The average molecular weight is 436 g/mol. The Hall–Kier alpha value is -3.74. The van der Waals surface area contributed by atoms with Crippen LogP contribution in [0.25, 0.3) is 0 Å². The largest absolute Gasteiger partial charge is 0.497 e. The molecule has 164 valence electrons. The molecule has 0 spiro atoms. The Morgan fingerprint density at radius 3 is 2.47 bits per heavy atom. The third-order valence-corrected chi connectivity index (χ3v) is 5.20. The first-order valence-electron chi connectivity index (χ1n) is 10.2. The first-order valence-corrected chi connectivity index (χ1v) is 10.2. The molecule has 0 fully saturated rings. The van der Waals surface area contributed by atoms with Crippen LogP contribution in [0.4, 0.5) is 8.78 Å². The van der Waals surface area contributed by atoms with Crippen molar-refractivity contribution in [3.05, 3.63) is 101 Å². The van der Waals surface area contributed by atoms with E-state index in [1.807, 2.05) is 24.3 Å². The maximum absolute atomic E-state index is 13.7. The fourth-order valence-electron chi connectivity index (χ4n) is 3.61. The molecule has 0 bridgehead atoms. The lowest BCUT2D eigenvalue weighted by atomic mass is 10.0. The first kappa shape index (κ1) is 21.5. The van der Waals surface area contributed by atoms with E-state index in [2.05, 4.69) is 5.16 Å². The number of hydrogen-bond acceptors (Lipinski definition) is 4. The van der Waals surface area contributed by atoms with Crippen molar-refractivity contribution in [2.24, 2.45) is 5.16 Å². The lowest BCUT2D eigenvalue weighted by Crippen LogP contribution is -2.37. The van der Waals surface area contributed by atoms with Crippen molar-refractivity contribution in [3.63, 3.8) is 0 Å². The van der Waals surface area contributed by atoms with Gasteiger partial charge in [0, 0.05) is 18.5 Å². The summed E-state index contributed by atoms with van der Waals surface area (Å²) in [6, 6.07) is 19.0. The van der Waals surface area contributed by atoms with Crippen LogP contribution in [-0.2, 0) is 11.4 Å². The van der Waals surface area contributed by atoms with E-state index < -0.39 is 5.82 Å². The Labute approximate surface area is 184 Å². The molecule has 1 aliphatic heterocycles. The number of carbonyl (C=O) groups excluding carboxylic acids is 1. The molecule has 0 radical (unpaired) electrons. The van der Waals surface area contributed by atoms with Gasteiger partial charge in [-0.05, 0) is 65.7 Å². The summed E-state index contributed by atoms with van der Waals surface area (Å²) in [6.45, 7) is 0.375. The molecule has 0 unspecified atom stereocenters. The Balaban J connectivity index is 1.50. The molecular weight excluding hydrogens is 414 g/mol. The highest BCUT2D eigenvalue weighted by Gasteiger charge is 2.27. The van der Waals surface area contributed by atoms with E-state index in [0.29, 0.717) is 12.0 Å². The number of carbonyl (C=O) groups is 1. The number of methoxy groups -OCH3 is 1. The van der Waals surface area contributed by atoms with Crippen LogP contribution in [0, 0.1) is 11.6 Å². The van der Waals surface area contributed by atoms with Gasteiger partial charge in [-0.15, -0.1) is 0 Å². The summed E-state index contributed by atoms with van der Waals surface area (Å²) >= 11 is 0. The van der Waals surface area contributed by atoms with Crippen molar-refractivity contribution < 1.29 is 23.1 Å². The Morgan fingerprint density at radius 2 is 1.78 bits per heavy atom. The highest BCUT2D eigenvalue weighted by Crippen LogP contribution is 2.22. The van der Waals surface area contributed by atoms with Crippen LogP contribution in [0.2, 0.25) is 0 Å². The van der Waals surface area contributed by atoms with E-state index in [-0.39, 0.29) is 36.5 Å². The Morgan fingerprint density at radius 1 is 1.06 bits per heavy atom. The van der Waals surface area contributed by atoms with E-state index in [4.69, 9.17) is 9.57 Å². The zero-order chi connectivity index (χ0) is 22.5. The molecule has 0 aromatic heterocycles. The number of nitrogens with zero attached hydrogens (tertiary/aromatic N) is 2. The minimum Gasteiger partial charge on any atom is -0.497 e. The fraction of sp³-hybridized carbons (Fsp3) is 0.200. The van der Waals surface area contributed by atoms with E-state index in [0.717, 1.165) is 17.0 Å². The predicted molar refractivity (Wildman–Crippen MR) is 117 cm³/mol. The van der Waals surface area contributed by atoms with Gasteiger partial charge in [-0.1, -0.05) is 23.4 Å². The van der Waals surface area contributed by atoms with Crippen molar-refractivity contribution in [2.75, 3.05) is 13.7 Å². The number of amides is 1. The standard InChI is InChI=1S/C25H22F2N2O3/c1-31-22-10-8-18(9-11-22)24-14-23(32-28-24)16-29(15-17-4-2-6-20(26)12-17)25(30)19-5-3-7-21(27)13-19/h2-13,23H,14-16H2,1H3/t23-/m1/s1. The molecule has 5 nitrogen and oxygen atoms in total. The van der Waals surface area contributed by atoms with Crippen molar-refractivity contribution in [1.82, 2.24) is 4.90 Å². The van der Waals surface area contributed by atoms with Crippen LogP contribution in [-0.4, -0.2) is 36.3 Å². The fourth-order valence-corrected chi connectivity index (χ4v) is 3.61. The first-order chi connectivity index (χ1) is 15.5. The van der Waals surface area contributed by atoms with Gasteiger partial charge in [-0.3, -0.25) is 4.79 Å². The molecule has 0 saturated heterocycles. The van der Waals surface area contributed by atoms with Gasteiger partial charge in [0.15, 0.2) is 6.10 Å². The third kappa shape index (κ3) is 5.11. The van der Waals surface area contributed by atoms with Crippen LogP contribution < -0.4 is 4.74 Å². The zero-order valence-corrected chi connectivity index (χ0v) is 17.5. The van der Waals surface area contributed by atoms with Gasteiger partial charge in [-0.25, -0.2) is 8.78 Å². The lowest BCUT2D eigenvalue weighted by Gasteiger charge is -2.25. The maximum Gasteiger partial charge on any atom is 0.254 e. The molecule has 1 heterocycles. The molecule has 0 N–H and O–H groups in total. The van der Waals surface area contributed by atoms with Crippen LogP contribution in [0.15, 0.2) is 78.0 Å². The van der Waals surface area contributed by atoms with E-state index >= 15 is 0 Å². The van der Waals surface area contributed by atoms with Gasteiger partial charge in [0.05, 0.1) is 19.4 Å². The molecular formula is C25H22F2N2O3. The summed E-state index contributed by atoms with van der Waals surface area (Å²) in [5, 5.41) is 4.18. The highest BCUT2D eigenvalue weighted by atomic mass is 19.1. The zero-order valence-electron chi connectivity index (χ0n) is 17.5. The second-order valence-electron chi connectivity index (χ2n) is 7.52. The smallest absolute Gasteiger partial charge is 0.254 e. The Bertz CT molecular complexity index is 1130. The monoisotopic (exact) mass is 436 g/mol. The topological polar surface area (TPSA) is 51.1 Å². The summed E-state index contributed by atoms with van der Waals surface area (Å²) in [4.78, 5) is 20.3. The van der Waals surface area contributed by atoms with Gasteiger partial charge in [0.25, 0.3) is 5.91 Å². The molecule has 3 aromatic rings. The molecule has 0 saturated carbocycles. The van der Waals surface area contributed by atoms with E-state index in [1.165, 1.54) is 35.2 Å². The van der Waals surface area contributed by atoms with Crippen molar-refractivity contribution in [2.45, 2.75) is 19.1 Å². The van der Waals surface area contributed by atoms with Gasteiger partial charge in [0.1, 0.15) is 17.4 Å².